The Morgan fingerprint density at radius 1 is 1.64 bits per heavy atom. The minimum absolute atomic E-state index is 0. The van der Waals surface area contributed by atoms with Crippen molar-refractivity contribution in [3.8, 4) is 0 Å². The molecule has 1 saturated carbocycles. The first-order valence-electron chi connectivity index (χ1n) is 4.37. The molecule has 0 spiro atoms. The van der Waals surface area contributed by atoms with E-state index in [1.807, 2.05) is 0 Å². The lowest BCUT2D eigenvalue weighted by atomic mass is 10.2. The highest BCUT2D eigenvalue weighted by Crippen LogP contribution is 2.20. The second-order valence-electron chi connectivity index (χ2n) is 3.28. The quantitative estimate of drug-likeness (QED) is 0.792. The van der Waals surface area contributed by atoms with Crippen molar-refractivity contribution in [2.24, 2.45) is 5.73 Å². The van der Waals surface area contributed by atoms with Gasteiger partial charge in [-0.2, -0.15) is 0 Å². The molecule has 1 amide bonds. The van der Waals surface area contributed by atoms with Gasteiger partial charge in [0, 0.05) is 6.04 Å². The first-order valence-corrected chi connectivity index (χ1v) is 4.37. The number of halogens is 1. The summed E-state index contributed by atoms with van der Waals surface area (Å²) in [6.07, 6.45) is 3.65. The third kappa shape index (κ3) is 2.49. The molecule has 0 aromatic carbocycles. The maximum Gasteiger partial charge on any atom is 0.245 e. The predicted octanol–water partition coefficient (Wildman–Crippen LogP) is 0.980. The van der Waals surface area contributed by atoms with Crippen LogP contribution in [-0.2, 0) is 4.79 Å². The van der Waals surface area contributed by atoms with E-state index in [0.717, 1.165) is 12.8 Å². The number of nitrogens with two attached hydrogens (primary N) is 1. The normalized spacial score (nSPS) is 16.9. The third-order valence-electron chi connectivity index (χ3n) is 2.06. The number of nitrogens with one attached hydrogen (secondary N) is 1. The van der Waals surface area contributed by atoms with Crippen molar-refractivity contribution >= 4 is 18.3 Å². The molecule has 2 rings (SSSR count). The molecular formula is C9H13ClN2O2. The van der Waals surface area contributed by atoms with E-state index in [0.29, 0.717) is 11.8 Å². The van der Waals surface area contributed by atoms with Gasteiger partial charge in [-0.05, 0) is 25.0 Å². The lowest BCUT2D eigenvalue weighted by Crippen LogP contribution is -2.35. The van der Waals surface area contributed by atoms with E-state index in [9.17, 15) is 4.79 Å². The number of hydrogen-bond donors (Lipinski definition) is 2. The fourth-order valence-corrected chi connectivity index (χ4v) is 1.12. The van der Waals surface area contributed by atoms with Gasteiger partial charge in [0.2, 0.25) is 5.91 Å². The maximum atomic E-state index is 11.4. The molecule has 1 unspecified atom stereocenters. The number of rotatable bonds is 3. The van der Waals surface area contributed by atoms with E-state index in [1.165, 1.54) is 6.26 Å². The minimum atomic E-state index is -0.671. The molecule has 1 atom stereocenters. The van der Waals surface area contributed by atoms with Crippen molar-refractivity contribution in [1.82, 2.24) is 5.32 Å². The molecule has 0 radical (unpaired) electrons. The lowest BCUT2D eigenvalue weighted by molar-refractivity contribution is -0.122. The van der Waals surface area contributed by atoms with Gasteiger partial charge in [0.15, 0.2) is 0 Å². The van der Waals surface area contributed by atoms with E-state index in [4.69, 9.17) is 10.2 Å². The average Bonchev–Trinajstić information content (AvgIpc) is 2.78. The molecule has 0 aliphatic heterocycles. The van der Waals surface area contributed by atoms with Gasteiger partial charge in [0.05, 0.1) is 6.26 Å². The zero-order valence-corrected chi connectivity index (χ0v) is 8.42. The second-order valence-corrected chi connectivity index (χ2v) is 3.28. The number of furan rings is 1. The molecule has 0 saturated heterocycles. The Bertz CT molecular complexity index is 296. The fraction of sp³-hybridized carbons (Fsp3) is 0.444. The van der Waals surface area contributed by atoms with Crippen molar-refractivity contribution < 1.29 is 9.21 Å². The van der Waals surface area contributed by atoms with Gasteiger partial charge in [0.1, 0.15) is 11.8 Å². The molecule has 1 fully saturated rings. The Morgan fingerprint density at radius 2 is 2.36 bits per heavy atom. The van der Waals surface area contributed by atoms with Gasteiger partial charge in [-0.1, -0.05) is 0 Å². The van der Waals surface area contributed by atoms with E-state index >= 15 is 0 Å². The van der Waals surface area contributed by atoms with Crippen LogP contribution in [0.1, 0.15) is 24.6 Å². The van der Waals surface area contributed by atoms with Crippen molar-refractivity contribution in [3.05, 3.63) is 24.2 Å². The Morgan fingerprint density at radius 3 is 2.86 bits per heavy atom. The topological polar surface area (TPSA) is 68.3 Å². The summed E-state index contributed by atoms with van der Waals surface area (Å²) < 4.78 is 5.03. The summed E-state index contributed by atoms with van der Waals surface area (Å²) in [5.74, 6) is 0.357. The van der Waals surface area contributed by atoms with Gasteiger partial charge < -0.3 is 15.5 Å². The van der Waals surface area contributed by atoms with Crippen molar-refractivity contribution in [3.63, 3.8) is 0 Å². The number of carbonyl (C=O) groups excluding carboxylic acids is 1. The van der Waals surface area contributed by atoms with Crippen LogP contribution in [0.2, 0.25) is 0 Å². The van der Waals surface area contributed by atoms with Gasteiger partial charge >= 0.3 is 0 Å². The highest BCUT2D eigenvalue weighted by molar-refractivity contribution is 5.85. The zero-order chi connectivity index (χ0) is 9.26. The van der Waals surface area contributed by atoms with Crippen LogP contribution in [0.5, 0.6) is 0 Å². The summed E-state index contributed by atoms with van der Waals surface area (Å²) in [4.78, 5) is 11.4. The largest absolute Gasteiger partial charge is 0.467 e. The van der Waals surface area contributed by atoms with Crippen LogP contribution in [0.25, 0.3) is 0 Å². The SMILES string of the molecule is Cl.NC(C(=O)NC1CC1)c1ccco1. The highest BCUT2D eigenvalue weighted by atomic mass is 35.5. The summed E-state index contributed by atoms with van der Waals surface area (Å²) in [5, 5.41) is 2.82. The molecule has 1 aliphatic rings. The molecule has 0 bridgehead atoms. The van der Waals surface area contributed by atoms with Gasteiger partial charge in [0.25, 0.3) is 0 Å². The maximum absolute atomic E-state index is 11.4. The number of amides is 1. The summed E-state index contributed by atoms with van der Waals surface area (Å²) >= 11 is 0. The first kappa shape index (κ1) is 11.1. The Labute approximate surface area is 88.2 Å². The van der Waals surface area contributed by atoms with E-state index < -0.39 is 6.04 Å². The molecule has 3 N–H and O–H groups in total. The summed E-state index contributed by atoms with van der Waals surface area (Å²) in [6.45, 7) is 0. The molecule has 1 aliphatic carbocycles. The summed E-state index contributed by atoms with van der Waals surface area (Å²) in [5.41, 5.74) is 5.65. The van der Waals surface area contributed by atoms with Crippen molar-refractivity contribution in [2.75, 3.05) is 0 Å². The summed E-state index contributed by atoms with van der Waals surface area (Å²) in [7, 11) is 0. The summed E-state index contributed by atoms with van der Waals surface area (Å²) in [6, 6.07) is 3.10. The van der Waals surface area contributed by atoms with Crippen LogP contribution in [0.4, 0.5) is 0 Å². The van der Waals surface area contributed by atoms with Gasteiger partial charge in [-0.25, -0.2) is 0 Å². The molecular weight excluding hydrogens is 204 g/mol. The van der Waals surface area contributed by atoms with E-state index in [-0.39, 0.29) is 18.3 Å². The lowest BCUT2D eigenvalue weighted by Gasteiger charge is -2.08. The first-order chi connectivity index (χ1) is 6.27. The molecule has 1 aromatic heterocycles. The number of hydrogen-bond acceptors (Lipinski definition) is 3. The van der Waals surface area contributed by atoms with Crippen LogP contribution < -0.4 is 11.1 Å². The highest BCUT2D eigenvalue weighted by Gasteiger charge is 2.27. The van der Waals surface area contributed by atoms with E-state index in [1.54, 1.807) is 12.1 Å². The van der Waals surface area contributed by atoms with Crippen LogP contribution in [0.3, 0.4) is 0 Å². The monoisotopic (exact) mass is 216 g/mol. The van der Waals surface area contributed by atoms with Crippen LogP contribution in [-0.4, -0.2) is 11.9 Å². The van der Waals surface area contributed by atoms with Crippen LogP contribution in [0, 0.1) is 0 Å². The third-order valence-corrected chi connectivity index (χ3v) is 2.06. The molecule has 1 heterocycles. The minimum Gasteiger partial charge on any atom is -0.467 e. The fourth-order valence-electron chi connectivity index (χ4n) is 1.12. The molecule has 5 heteroatoms. The Hall–Kier alpha value is -1.00. The standard InChI is InChI=1S/C9H12N2O2.ClH/c10-8(7-2-1-5-13-7)9(12)11-6-3-4-6;/h1-2,5-6,8H,3-4,10H2,(H,11,12);1H. The predicted molar refractivity (Wildman–Crippen MR) is 54.0 cm³/mol. The van der Waals surface area contributed by atoms with E-state index in [2.05, 4.69) is 5.32 Å². The smallest absolute Gasteiger partial charge is 0.245 e. The molecule has 14 heavy (non-hydrogen) atoms. The van der Waals surface area contributed by atoms with Crippen molar-refractivity contribution in [1.29, 1.82) is 0 Å². The van der Waals surface area contributed by atoms with Crippen molar-refractivity contribution in [2.45, 2.75) is 24.9 Å². The molecule has 78 valence electrons. The number of carbonyl (C=O) groups is 1. The van der Waals surface area contributed by atoms with Crippen LogP contribution in [0.15, 0.2) is 22.8 Å². The molecule has 1 aromatic rings. The van der Waals surface area contributed by atoms with Crippen LogP contribution >= 0.6 is 12.4 Å². The Balaban J connectivity index is 0.000000980. The van der Waals surface area contributed by atoms with Gasteiger partial charge in [-0.3, -0.25) is 4.79 Å². The molecule has 4 nitrogen and oxygen atoms in total. The average molecular weight is 217 g/mol. The zero-order valence-electron chi connectivity index (χ0n) is 7.60. The Kier molecular flexibility index (Phi) is 3.55. The van der Waals surface area contributed by atoms with Gasteiger partial charge in [-0.15, -0.1) is 12.4 Å². The second kappa shape index (κ2) is 4.48.